The van der Waals surface area contributed by atoms with Crippen LogP contribution in [0.25, 0.3) is 0 Å². The first-order valence-electron chi connectivity index (χ1n) is 9.12. The molecule has 2 aromatic rings. The number of benzene rings is 1. The molecular weight excluding hydrogens is 409 g/mol. The van der Waals surface area contributed by atoms with Crippen molar-refractivity contribution in [2.24, 2.45) is 5.41 Å². The summed E-state index contributed by atoms with van der Waals surface area (Å²) in [6.45, 7) is 6.10. The van der Waals surface area contributed by atoms with E-state index in [1.807, 2.05) is 26.0 Å². The molecule has 1 N–H and O–H groups in total. The number of halogens is 2. The minimum absolute atomic E-state index is 0.00383. The standard InChI is InChI=1S/C21H17Cl2N5O/c1-19(2)20(3)6-7-21(19,17-16(20)27-14(9-24)15(10-25)28-17)18(29)26-11-4-5-12(22)13(23)8-11/h4-5,8H,6-7H2,1-3H3,(H,26,29). The van der Waals surface area contributed by atoms with Gasteiger partial charge in [-0.2, -0.15) is 10.5 Å². The number of aromatic nitrogens is 2. The highest BCUT2D eigenvalue weighted by Crippen LogP contribution is 2.70. The van der Waals surface area contributed by atoms with E-state index in [9.17, 15) is 15.3 Å². The molecule has 2 aliphatic carbocycles. The lowest BCUT2D eigenvalue weighted by molar-refractivity contribution is -0.125. The van der Waals surface area contributed by atoms with Gasteiger partial charge >= 0.3 is 0 Å². The van der Waals surface area contributed by atoms with Crippen LogP contribution >= 0.6 is 23.2 Å². The molecule has 1 fully saturated rings. The van der Waals surface area contributed by atoms with Gasteiger partial charge in [0.05, 0.1) is 26.8 Å². The van der Waals surface area contributed by atoms with Crippen LogP contribution < -0.4 is 5.32 Å². The number of rotatable bonds is 2. The lowest BCUT2D eigenvalue weighted by Crippen LogP contribution is -2.48. The molecule has 2 atom stereocenters. The Labute approximate surface area is 178 Å². The topological polar surface area (TPSA) is 102 Å². The first-order valence-corrected chi connectivity index (χ1v) is 9.87. The maximum Gasteiger partial charge on any atom is 0.237 e. The molecule has 2 unspecified atom stereocenters. The van der Waals surface area contributed by atoms with E-state index in [1.165, 1.54) is 0 Å². The average Bonchev–Trinajstić information content (AvgIpc) is 2.99. The van der Waals surface area contributed by atoms with E-state index in [-0.39, 0.29) is 17.3 Å². The maximum absolute atomic E-state index is 13.7. The largest absolute Gasteiger partial charge is 0.325 e. The van der Waals surface area contributed by atoms with Crippen LogP contribution in [-0.4, -0.2) is 15.9 Å². The quantitative estimate of drug-likeness (QED) is 0.762. The molecule has 0 aliphatic heterocycles. The van der Waals surface area contributed by atoms with E-state index < -0.39 is 16.2 Å². The summed E-state index contributed by atoms with van der Waals surface area (Å²) in [7, 11) is 0. The SMILES string of the molecule is CC12CCC(C(=O)Nc3ccc(Cl)c(Cl)c3)(c3nc(C#N)c(C#N)nc31)C2(C)C. The fraction of sp³-hybridized carbons (Fsp3) is 0.381. The number of hydrogen-bond acceptors (Lipinski definition) is 5. The Bertz CT molecular complexity index is 1160. The van der Waals surface area contributed by atoms with Crippen LogP contribution in [0.3, 0.4) is 0 Å². The van der Waals surface area contributed by atoms with Gasteiger partial charge in [0.15, 0.2) is 11.4 Å². The average molecular weight is 426 g/mol. The number of amides is 1. The first-order chi connectivity index (χ1) is 13.6. The molecule has 1 amide bonds. The van der Waals surface area contributed by atoms with Crippen molar-refractivity contribution in [3.63, 3.8) is 0 Å². The molecule has 8 heteroatoms. The Morgan fingerprint density at radius 1 is 1.03 bits per heavy atom. The molecule has 4 rings (SSSR count). The number of nitriles is 2. The van der Waals surface area contributed by atoms with Crippen LogP contribution in [0.4, 0.5) is 5.69 Å². The second kappa shape index (κ2) is 6.16. The van der Waals surface area contributed by atoms with Crippen LogP contribution in [0.15, 0.2) is 18.2 Å². The number of hydrogen-bond donors (Lipinski definition) is 1. The summed E-state index contributed by atoms with van der Waals surface area (Å²) in [4.78, 5) is 22.6. The van der Waals surface area contributed by atoms with Crippen molar-refractivity contribution >= 4 is 34.8 Å². The summed E-state index contributed by atoms with van der Waals surface area (Å²) in [6, 6.07) is 8.79. The molecule has 6 nitrogen and oxygen atoms in total. The lowest BCUT2D eigenvalue weighted by Gasteiger charge is -2.39. The molecule has 2 aliphatic rings. The zero-order chi connectivity index (χ0) is 21.2. The van der Waals surface area contributed by atoms with E-state index in [4.69, 9.17) is 23.2 Å². The Balaban J connectivity index is 1.89. The highest BCUT2D eigenvalue weighted by Gasteiger charge is 2.73. The summed E-state index contributed by atoms with van der Waals surface area (Å²) in [6.07, 6.45) is 1.30. The zero-order valence-corrected chi connectivity index (χ0v) is 17.6. The number of carbonyl (C=O) groups is 1. The fourth-order valence-electron chi connectivity index (χ4n) is 4.95. The minimum Gasteiger partial charge on any atom is -0.325 e. The van der Waals surface area contributed by atoms with Gasteiger partial charge in [-0.25, -0.2) is 9.97 Å². The third kappa shape index (κ3) is 2.31. The molecule has 29 heavy (non-hydrogen) atoms. The Morgan fingerprint density at radius 2 is 1.66 bits per heavy atom. The predicted octanol–water partition coefficient (Wildman–Crippen LogP) is 4.49. The van der Waals surface area contributed by atoms with Gasteiger partial charge in [-0.3, -0.25) is 4.79 Å². The van der Waals surface area contributed by atoms with Crippen LogP contribution in [0, 0.1) is 28.1 Å². The van der Waals surface area contributed by atoms with Crippen molar-refractivity contribution < 1.29 is 4.79 Å². The molecule has 1 aromatic heterocycles. The van der Waals surface area contributed by atoms with E-state index in [1.54, 1.807) is 18.2 Å². The van der Waals surface area contributed by atoms with Crippen LogP contribution in [-0.2, 0) is 15.6 Å². The summed E-state index contributed by atoms with van der Waals surface area (Å²) in [5.41, 5.74) is -0.351. The number of carbonyl (C=O) groups excluding carboxylic acids is 1. The normalized spacial score (nSPS) is 25.8. The van der Waals surface area contributed by atoms with Crippen molar-refractivity contribution in [1.82, 2.24) is 9.97 Å². The van der Waals surface area contributed by atoms with Crippen molar-refractivity contribution in [3.8, 4) is 12.1 Å². The van der Waals surface area contributed by atoms with Gasteiger partial charge < -0.3 is 5.32 Å². The molecular formula is C21H17Cl2N5O. The van der Waals surface area contributed by atoms with Gasteiger partial charge in [0.25, 0.3) is 0 Å². The molecule has 1 heterocycles. The Hall–Kier alpha value is -2.67. The predicted molar refractivity (Wildman–Crippen MR) is 109 cm³/mol. The van der Waals surface area contributed by atoms with Crippen molar-refractivity contribution in [1.29, 1.82) is 10.5 Å². The van der Waals surface area contributed by atoms with Gasteiger partial charge in [-0.05, 0) is 36.5 Å². The molecule has 146 valence electrons. The first kappa shape index (κ1) is 19.6. The van der Waals surface area contributed by atoms with Gasteiger partial charge in [-0.15, -0.1) is 0 Å². The number of nitrogens with one attached hydrogen (secondary N) is 1. The van der Waals surface area contributed by atoms with E-state index in [2.05, 4.69) is 22.2 Å². The van der Waals surface area contributed by atoms with Crippen molar-refractivity contribution in [3.05, 3.63) is 51.0 Å². The van der Waals surface area contributed by atoms with E-state index >= 15 is 0 Å². The highest BCUT2D eigenvalue weighted by atomic mass is 35.5. The fourth-order valence-corrected chi connectivity index (χ4v) is 5.25. The van der Waals surface area contributed by atoms with Crippen molar-refractivity contribution in [2.45, 2.75) is 44.4 Å². The Morgan fingerprint density at radius 3 is 2.24 bits per heavy atom. The molecule has 0 spiro atoms. The van der Waals surface area contributed by atoms with Crippen LogP contribution in [0.1, 0.15) is 56.4 Å². The highest BCUT2D eigenvalue weighted by molar-refractivity contribution is 6.42. The van der Waals surface area contributed by atoms with Crippen molar-refractivity contribution in [2.75, 3.05) is 5.32 Å². The maximum atomic E-state index is 13.7. The Kier molecular flexibility index (Phi) is 4.17. The van der Waals surface area contributed by atoms with Gasteiger partial charge in [0.2, 0.25) is 5.91 Å². The van der Waals surface area contributed by atoms with Crippen LogP contribution in [0.2, 0.25) is 10.0 Å². The minimum atomic E-state index is -0.976. The van der Waals surface area contributed by atoms with E-state index in [0.717, 1.165) is 6.42 Å². The molecule has 2 bridgehead atoms. The zero-order valence-electron chi connectivity index (χ0n) is 16.1. The molecule has 0 radical (unpaired) electrons. The third-order valence-electron chi connectivity index (χ3n) is 7.05. The second-order valence-corrected chi connectivity index (χ2v) is 9.10. The smallest absolute Gasteiger partial charge is 0.237 e. The molecule has 1 aromatic carbocycles. The monoisotopic (exact) mass is 425 g/mol. The summed E-state index contributed by atoms with van der Waals surface area (Å²) >= 11 is 12.1. The number of fused-ring (bicyclic) bond motifs is 5. The van der Waals surface area contributed by atoms with Gasteiger partial charge in [0.1, 0.15) is 12.1 Å². The van der Waals surface area contributed by atoms with Gasteiger partial charge in [0, 0.05) is 11.1 Å². The number of nitrogens with zero attached hydrogens (tertiary/aromatic N) is 4. The molecule has 1 saturated carbocycles. The number of anilines is 1. The second-order valence-electron chi connectivity index (χ2n) is 8.29. The lowest BCUT2D eigenvalue weighted by atomic mass is 9.63. The molecule has 0 saturated heterocycles. The van der Waals surface area contributed by atoms with Gasteiger partial charge in [-0.1, -0.05) is 44.0 Å². The summed E-state index contributed by atoms with van der Waals surface area (Å²) < 4.78 is 0. The van der Waals surface area contributed by atoms with Crippen LogP contribution in [0.5, 0.6) is 0 Å². The summed E-state index contributed by atoms with van der Waals surface area (Å²) in [5, 5.41) is 22.5. The van der Waals surface area contributed by atoms with E-state index in [0.29, 0.717) is 33.5 Å². The third-order valence-corrected chi connectivity index (χ3v) is 7.79. The summed E-state index contributed by atoms with van der Waals surface area (Å²) in [5.74, 6) is -0.230.